The van der Waals surface area contributed by atoms with E-state index in [0.717, 1.165) is 11.1 Å². The number of halogens is 6. The number of carbonyl (C=O) groups excluding carboxylic acids is 2. The van der Waals surface area contributed by atoms with Gasteiger partial charge in [-0.25, -0.2) is 0 Å². The van der Waals surface area contributed by atoms with Gasteiger partial charge in [0.2, 0.25) is 11.8 Å². The summed E-state index contributed by atoms with van der Waals surface area (Å²) in [5.41, 5.74) is 4.40. The van der Waals surface area contributed by atoms with Crippen LogP contribution < -0.4 is 11.1 Å². The predicted octanol–water partition coefficient (Wildman–Crippen LogP) is 4.10. The number of rotatable bonds is 6. The van der Waals surface area contributed by atoms with E-state index in [0.29, 0.717) is 17.7 Å². The first kappa shape index (κ1) is 24.2. The number of primary amides is 1. The van der Waals surface area contributed by atoms with Crippen LogP contribution in [0.4, 0.5) is 26.3 Å². The van der Waals surface area contributed by atoms with Gasteiger partial charge < -0.3 is 11.1 Å². The van der Waals surface area contributed by atoms with Crippen LogP contribution >= 0.6 is 0 Å². The van der Waals surface area contributed by atoms with E-state index in [2.05, 4.69) is 5.32 Å². The van der Waals surface area contributed by atoms with Gasteiger partial charge >= 0.3 is 12.4 Å². The number of nitrogens with two attached hydrogens (primary N) is 1. The van der Waals surface area contributed by atoms with Crippen molar-refractivity contribution in [1.29, 1.82) is 0 Å². The van der Waals surface area contributed by atoms with Crippen molar-refractivity contribution < 1.29 is 35.9 Å². The highest BCUT2D eigenvalue weighted by molar-refractivity contribution is 5.87. The fraction of sp³-hybridized carbons (Fsp3) is 0.333. The Labute approximate surface area is 174 Å². The van der Waals surface area contributed by atoms with Crippen LogP contribution in [0, 0.1) is 13.8 Å². The Bertz CT molecular complexity index is 951. The number of hydrogen-bond acceptors (Lipinski definition) is 2. The van der Waals surface area contributed by atoms with Crippen molar-refractivity contribution >= 4 is 11.8 Å². The predicted molar refractivity (Wildman–Crippen MR) is 101 cm³/mol. The summed E-state index contributed by atoms with van der Waals surface area (Å²) < 4.78 is 77.8. The second kappa shape index (κ2) is 8.99. The van der Waals surface area contributed by atoms with Crippen molar-refractivity contribution in [2.75, 3.05) is 0 Å². The number of hydrogen-bond donors (Lipinski definition) is 2. The molecule has 0 radical (unpaired) electrons. The Morgan fingerprint density at radius 3 is 1.87 bits per heavy atom. The highest BCUT2D eigenvalue weighted by Crippen LogP contribution is 2.36. The van der Waals surface area contributed by atoms with E-state index in [1.54, 1.807) is 12.1 Å². The monoisotopic (exact) mass is 446 g/mol. The summed E-state index contributed by atoms with van der Waals surface area (Å²) in [6.45, 7) is 3.74. The number of carbonyl (C=O) groups is 2. The first-order valence-electron chi connectivity index (χ1n) is 9.10. The summed E-state index contributed by atoms with van der Waals surface area (Å²) in [4.78, 5) is 24.0. The Balaban J connectivity index is 2.22. The van der Waals surface area contributed by atoms with Crippen LogP contribution in [-0.4, -0.2) is 17.9 Å². The second-order valence-electron chi connectivity index (χ2n) is 7.24. The van der Waals surface area contributed by atoms with Crippen LogP contribution in [0.1, 0.15) is 33.4 Å². The fourth-order valence-corrected chi connectivity index (χ4v) is 2.94. The molecule has 0 saturated heterocycles. The molecule has 0 unspecified atom stereocenters. The third-order valence-corrected chi connectivity index (χ3v) is 4.70. The summed E-state index contributed by atoms with van der Waals surface area (Å²) in [6.07, 6.45) is -10.8. The van der Waals surface area contributed by atoms with Crippen molar-refractivity contribution in [3.63, 3.8) is 0 Å². The summed E-state index contributed by atoms with van der Waals surface area (Å²) in [5, 5.41) is 2.29. The van der Waals surface area contributed by atoms with Gasteiger partial charge in [-0.15, -0.1) is 0 Å². The molecule has 0 heterocycles. The standard InChI is InChI=1S/C21H20F6N2O2/c1-11-3-4-13(5-12(11)2)8-17(19(28)31)29-18(30)9-14-6-15(20(22,23)24)10-16(7-14)21(25,26)27/h3-7,10,17H,8-9H2,1-2H3,(H2,28,31)(H,29,30)/t17-/m0/s1. The van der Waals surface area contributed by atoms with Gasteiger partial charge in [0.1, 0.15) is 6.04 Å². The van der Waals surface area contributed by atoms with Crippen LogP contribution in [0.25, 0.3) is 0 Å². The van der Waals surface area contributed by atoms with Gasteiger partial charge in [-0.2, -0.15) is 26.3 Å². The largest absolute Gasteiger partial charge is 0.416 e. The van der Waals surface area contributed by atoms with E-state index >= 15 is 0 Å². The molecule has 1 atom stereocenters. The molecular weight excluding hydrogens is 426 g/mol. The number of amides is 2. The summed E-state index contributed by atoms with van der Waals surface area (Å²) in [7, 11) is 0. The molecule has 10 heteroatoms. The maximum absolute atomic E-state index is 13.0. The van der Waals surface area contributed by atoms with Crippen LogP contribution in [0.5, 0.6) is 0 Å². The molecule has 0 fully saturated rings. The molecule has 31 heavy (non-hydrogen) atoms. The van der Waals surface area contributed by atoms with Crippen LogP contribution in [0.2, 0.25) is 0 Å². The van der Waals surface area contributed by atoms with Crippen LogP contribution in [-0.2, 0) is 34.8 Å². The molecule has 3 N–H and O–H groups in total. The van der Waals surface area contributed by atoms with E-state index in [4.69, 9.17) is 5.73 Å². The highest BCUT2D eigenvalue weighted by Gasteiger charge is 2.37. The van der Waals surface area contributed by atoms with Crippen molar-refractivity contribution in [1.82, 2.24) is 5.32 Å². The first-order valence-corrected chi connectivity index (χ1v) is 9.10. The molecular formula is C21H20F6N2O2. The molecule has 2 aromatic rings. The molecule has 0 aliphatic heterocycles. The van der Waals surface area contributed by atoms with E-state index in [-0.39, 0.29) is 12.5 Å². The molecule has 2 aromatic carbocycles. The second-order valence-corrected chi connectivity index (χ2v) is 7.24. The molecule has 0 aromatic heterocycles. The molecule has 0 spiro atoms. The van der Waals surface area contributed by atoms with Crippen LogP contribution in [0.3, 0.4) is 0 Å². The van der Waals surface area contributed by atoms with E-state index < -0.39 is 53.3 Å². The van der Waals surface area contributed by atoms with Gasteiger partial charge in [0.15, 0.2) is 0 Å². The van der Waals surface area contributed by atoms with E-state index in [1.807, 2.05) is 19.9 Å². The number of aryl methyl sites for hydroxylation is 2. The molecule has 0 saturated carbocycles. The lowest BCUT2D eigenvalue weighted by Crippen LogP contribution is -2.46. The molecule has 168 valence electrons. The summed E-state index contributed by atoms with van der Waals surface area (Å²) in [6, 6.07) is 5.07. The summed E-state index contributed by atoms with van der Waals surface area (Å²) >= 11 is 0. The Morgan fingerprint density at radius 2 is 1.42 bits per heavy atom. The van der Waals surface area contributed by atoms with Gasteiger partial charge in [0, 0.05) is 6.42 Å². The van der Waals surface area contributed by atoms with Gasteiger partial charge in [-0.3, -0.25) is 9.59 Å². The van der Waals surface area contributed by atoms with Gasteiger partial charge in [-0.05, 0) is 54.3 Å². The Hall–Kier alpha value is -3.04. The SMILES string of the molecule is Cc1ccc(C[C@H](NC(=O)Cc2cc(C(F)(F)F)cc(C(F)(F)F)c2)C(N)=O)cc1C. The zero-order chi connectivity index (χ0) is 23.6. The molecule has 0 bridgehead atoms. The number of alkyl halides is 6. The van der Waals surface area contributed by atoms with Crippen molar-refractivity contribution in [3.05, 3.63) is 69.8 Å². The Kier molecular flexibility index (Phi) is 7.03. The molecule has 0 aliphatic rings. The topological polar surface area (TPSA) is 72.2 Å². The smallest absolute Gasteiger partial charge is 0.368 e. The van der Waals surface area contributed by atoms with Gasteiger partial charge in [0.25, 0.3) is 0 Å². The number of benzene rings is 2. The van der Waals surface area contributed by atoms with E-state index in [9.17, 15) is 35.9 Å². The van der Waals surface area contributed by atoms with Gasteiger partial charge in [0.05, 0.1) is 17.5 Å². The van der Waals surface area contributed by atoms with Crippen LogP contribution in [0.15, 0.2) is 36.4 Å². The lowest BCUT2D eigenvalue weighted by atomic mass is 9.99. The van der Waals surface area contributed by atoms with Crippen molar-refractivity contribution in [3.8, 4) is 0 Å². The lowest BCUT2D eigenvalue weighted by molar-refractivity contribution is -0.143. The van der Waals surface area contributed by atoms with Gasteiger partial charge in [-0.1, -0.05) is 18.2 Å². The summed E-state index contributed by atoms with van der Waals surface area (Å²) in [5.74, 6) is -1.81. The average Bonchev–Trinajstić information content (AvgIpc) is 2.62. The Morgan fingerprint density at radius 1 is 0.871 bits per heavy atom. The maximum atomic E-state index is 13.0. The highest BCUT2D eigenvalue weighted by atomic mass is 19.4. The quantitative estimate of drug-likeness (QED) is 0.656. The third-order valence-electron chi connectivity index (χ3n) is 4.70. The fourth-order valence-electron chi connectivity index (χ4n) is 2.94. The average molecular weight is 446 g/mol. The third kappa shape index (κ3) is 6.73. The zero-order valence-electron chi connectivity index (χ0n) is 16.6. The minimum absolute atomic E-state index is 0.0205. The molecule has 4 nitrogen and oxygen atoms in total. The number of nitrogens with one attached hydrogen (secondary N) is 1. The minimum Gasteiger partial charge on any atom is -0.368 e. The normalized spacial score (nSPS) is 13.0. The molecule has 2 rings (SSSR count). The maximum Gasteiger partial charge on any atom is 0.416 e. The molecule has 2 amide bonds. The molecule has 0 aliphatic carbocycles. The zero-order valence-corrected chi connectivity index (χ0v) is 16.6. The first-order chi connectivity index (χ1) is 14.2. The van der Waals surface area contributed by atoms with E-state index in [1.165, 1.54) is 0 Å². The lowest BCUT2D eigenvalue weighted by Gasteiger charge is -2.17. The minimum atomic E-state index is -5.02. The van der Waals surface area contributed by atoms with Crippen molar-refractivity contribution in [2.24, 2.45) is 5.73 Å². The van der Waals surface area contributed by atoms with Crippen molar-refractivity contribution in [2.45, 2.75) is 45.1 Å².